The zero-order chi connectivity index (χ0) is 9.07. The minimum Gasteiger partial charge on any atom is -0.216 e. The molecule has 0 saturated carbocycles. The second kappa shape index (κ2) is 10.7. The molecule has 0 fully saturated rings. The van der Waals surface area contributed by atoms with Crippen LogP contribution in [0.2, 0.25) is 0 Å². The lowest BCUT2D eigenvalue weighted by Gasteiger charge is -1.98. The average Bonchev–Trinajstić information content (AvgIpc) is 2.10. The van der Waals surface area contributed by atoms with Gasteiger partial charge in [0.1, 0.15) is 0 Å². The molecule has 1 heteroatoms. The Morgan fingerprint density at radius 3 is 2.08 bits per heavy atom. The molecule has 0 aliphatic heterocycles. The van der Waals surface area contributed by atoms with Crippen molar-refractivity contribution in [2.75, 3.05) is 0 Å². The zero-order valence-electron chi connectivity index (χ0n) is 8.19. The molecule has 72 valence electrons. The van der Waals surface area contributed by atoms with Gasteiger partial charge in [-0.25, -0.2) is 4.39 Å². The average molecular weight is 172 g/mol. The highest BCUT2D eigenvalue weighted by molar-refractivity contribution is 4.71. The molecule has 0 aliphatic rings. The molecule has 0 N–H and O–H groups in total. The van der Waals surface area contributed by atoms with Crippen molar-refractivity contribution in [1.82, 2.24) is 0 Å². The molecule has 0 atom stereocenters. The van der Waals surface area contributed by atoms with E-state index in [1.165, 1.54) is 38.5 Å². The first-order valence-electron chi connectivity index (χ1n) is 5.17. The lowest BCUT2D eigenvalue weighted by molar-refractivity contribution is 0.590. The van der Waals surface area contributed by atoms with Crippen LogP contribution in [-0.2, 0) is 0 Å². The number of allylic oxidation sites excluding steroid dienone is 1. The third-order valence-corrected chi connectivity index (χ3v) is 2.06. The van der Waals surface area contributed by atoms with Gasteiger partial charge in [0.2, 0.25) is 0 Å². The number of halogens is 1. The molecule has 0 aliphatic carbocycles. The molecule has 0 saturated heterocycles. The number of unbranched alkanes of at least 4 members (excludes halogenated alkanes) is 7. The van der Waals surface area contributed by atoms with Gasteiger partial charge < -0.3 is 0 Å². The van der Waals surface area contributed by atoms with E-state index in [-0.39, 0.29) is 0 Å². The van der Waals surface area contributed by atoms with E-state index in [0.29, 0.717) is 6.33 Å². The summed E-state index contributed by atoms with van der Waals surface area (Å²) in [5, 5.41) is 0. The molecule has 0 heterocycles. The Kier molecular flexibility index (Phi) is 10.4. The number of hydrogen-bond donors (Lipinski definition) is 0. The maximum atomic E-state index is 11.5. The SMILES string of the molecule is CCCCCCCCC/C=C/F. The summed E-state index contributed by atoms with van der Waals surface area (Å²) < 4.78 is 11.5. The number of hydrogen-bond acceptors (Lipinski definition) is 0. The van der Waals surface area contributed by atoms with Crippen LogP contribution in [0.1, 0.15) is 58.3 Å². The van der Waals surface area contributed by atoms with Crippen LogP contribution >= 0.6 is 0 Å². The van der Waals surface area contributed by atoms with E-state index in [1.54, 1.807) is 6.08 Å². The quantitative estimate of drug-likeness (QED) is 0.469. The summed E-state index contributed by atoms with van der Waals surface area (Å²) in [7, 11) is 0. The Morgan fingerprint density at radius 2 is 1.50 bits per heavy atom. The molecule has 0 amide bonds. The smallest absolute Gasteiger partial charge is 0.0827 e. The van der Waals surface area contributed by atoms with E-state index in [2.05, 4.69) is 6.92 Å². The molecule has 0 bridgehead atoms. The summed E-state index contributed by atoms with van der Waals surface area (Å²) in [6.45, 7) is 2.23. The summed E-state index contributed by atoms with van der Waals surface area (Å²) in [6.07, 6.45) is 12.3. The van der Waals surface area contributed by atoms with Gasteiger partial charge in [0, 0.05) is 0 Å². The molecule has 0 spiro atoms. The van der Waals surface area contributed by atoms with Crippen LogP contribution < -0.4 is 0 Å². The van der Waals surface area contributed by atoms with E-state index >= 15 is 0 Å². The van der Waals surface area contributed by atoms with Crippen LogP contribution in [0, 0.1) is 0 Å². The van der Waals surface area contributed by atoms with Gasteiger partial charge in [-0.2, -0.15) is 0 Å². The van der Waals surface area contributed by atoms with Crippen LogP contribution in [0.5, 0.6) is 0 Å². The molecular formula is C11H21F. The first-order valence-corrected chi connectivity index (χ1v) is 5.17. The van der Waals surface area contributed by atoms with E-state index in [9.17, 15) is 4.39 Å². The summed E-state index contributed by atoms with van der Waals surface area (Å²) in [4.78, 5) is 0. The van der Waals surface area contributed by atoms with Crippen molar-refractivity contribution in [2.24, 2.45) is 0 Å². The van der Waals surface area contributed by atoms with Crippen molar-refractivity contribution in [3.63, 3.8) is 0 Å². The van der Waals surface area contributed by atoms with Crippen molar-refractivity contribution < 1.29 is 4.39 Å². The van der Waals surface area contributed by atoms with Gasteiger partial charge in [0.05, 0.1) is 6.33 Å². The molecular weight excluding hydrogens is 151 g/mol. The standard InChI is InChI=1S/C11H21F/c1-2-3-4-5-6-7-8-9-10-11-12/h10-11H,2-9H2,1H3/b11-10+. The highest BCUT2D eigenvalue weighted by atomic mass is 19.1. The topological polar surface area (TPSA) is 0 Å². The Balaban J connectivity index is 2.81. The lowest BCUT2D eigenvalue weighted by atomic mass is 10.1. The first-order chi connectivity index (χ1) is 5.91. The fraction of sp³-hybridized carbons (Fsp3) is 0.818. The Hall–Kier alpha value is -0.330. The normalized spacial score (nSPS) is 11.2. The Labute approximate surface area is 75.9 Å². The van der Waals surface area contributed by atoms with E-state index in [4.69, 9.17) is 0 Å². The number of rotatable bonds is 8. The third-order valence-electron chi connectivity index (χ3n) is 2.06. The van der Waals surface area contributed by atoms with Crippen molar-refractivity contribution in [3.8, 4) is 0 Å². The van der Waals surface area contributed by atoms with E-state index in [1.807, 2.05) is 0 Å². The third kappa shape index (κ3) is 9.67. The van der Waals surface area contributed by atoms with Crippen LogP contribution in [0.25, 0.3) is 0 Å². The van der Waals surface area contributed by atoms with Gasteiger partial charge in [-0.05, 0) is 12.8 Å². The largest absolute Gasteiger partial charge is 0.216 e. The molecule has 0 unspecified atom stereocenters. The Bertz CT molecular complexity index is 97.2. The maximum absolute atomic E-state index is 11.5. The molecule has 0 aromatic rings. The van der Waals surface area contributed by atoms with Gasteiger partial charge in [0.15, 0.2) is 0 Å². The van der Waals surface area contributed by atoms with Crippen LogP contribution in [0.3, 0.4) is 0 Å². The highest BCUT2D eigenvalue weighted by Crippen LogP contribution is 2.08. The lowest BCUT2D eigenvalue weighted by Crippen LogP contribution is -1.78. The molecule has 0 rings (SSSR count). The molecule has 0 nitrogen and oxygen atoms in total. The van der Waals surface area contributed by atoms with Crippen LogP contribution in [0.15, 0.2) is 12.4 Å². The first kappa shape index (κ1) is 11.7. The summed E-state index contributed by atoms with van der Waals surface area (Å²) in [5.74, 6) is 0. The second-order valence-electron chi connectivity index (χ2n) is 3.27. The minimum absolute atomic E-state index is 0.650. The van der Waals surface area contributed by atoms with Crippen molar-refractivity contribution in [3.05, 3.63) is 12.4 Å². The van der Waals surface area contributed by atoms with Gasteiger partial charge in [-0.15, -0.1) is 0 Å². The molecule has 0 aromatic carbocycles. The van der Waals surface area contributed by atoms with Gasteiger partial charge in [-0.3, -0.25) is 0 Å². The Morgan fingerprint density at radius 1 is 0.917 bits per heavy atom. The maximum Gasteiger partial charge on any atom is 0.0827 e. The van der Waals surface area contributed by atoms with Crippen molar-refractivity contribution in [2.45, 2.75) is 58.3 Å². The predicted octanol–water partition coefficient (Wildman–Crippen LogP) is 4.61. The predicted molar refractivity (Wildman–Crippen MR) is 52.9 cm³/mol. The monoisotopic (exact) mass is 172 g/mol. The van der Waals surface area contributed by atoms with Crippen molar-refractivity contribution >= 4 is 0 Å². The van der Waals surface area contributed by atoms with Gasteiger partial charge >= 0.3 is 0 Å². The van der Waals surface area contributed by atoms with E-state index in [0.717, 1.165) is 12.8 Å². The second-order valence-corrected chi connectivity index (χ2v) is 3.27. The van der Waals surface area contributed by atoms with Crippen LogP contribution in [0.4, 0.5) is 4.39 Å². The van der Waals surface area contributed by atoms with Crippen LogP contribution in [-0.4, -0.2) is 0 Å². The van der Waals surface area contributed by atoms with Gasteiger partial charge in [0.25, 0.3) is 0 Å². The molecule has 0 radical (unpaired) electrons. The molecule has 0 aromatic heterocycles. The molecule has 12 heavy (non-hydrogen) atoms. The fourth-order valence-electron chi connectivity index (χ4n) is 1.28. The zero-order valence-corrected chi connectivity index (χ0v) is 8.19. The van der Waals surface area contributed by atoms with E-state index < -0.39 is 0 Å². The summed E-state index contributed by atoms with van der Waals surface area (Å²) in [5.41, 5.74) is 0. The van der Waals surface area contributed by atoms with Gasteiger partial charge in [-0.1, -0.05) is 51.5 Å². The highest BCUT2D eigenvalue weighted by Gasteiger charge is 1.88. The summed E-state index contributed by atoms with van der Waals surface area (Å²) in [6, 6.07) is 0. The van der Waals surface area contributed by atoms with Crippen molar-refractivity contribution in [1.29, 1.82) is 0 Å². The summed E-state index contributed by atoms with van der Waals surface area (Å²) >= 11 is 0. The minimum atomic E-state index is 0.650. The fourth-order valence-corrected chi connectivity index (χ4v) is 1.28.